The Kier molecular flexibility index (Phi) is 8.39. The molecule has 2 atom stereocenters. The maximum Gasteiger partial charge on any atom is 0.137 e. The van der Waals surface area contributed by atoms with E-state index in [2.05, 4.69) is 42.0 Å². The first-order valence-electron chi connectivity index (χ1n) is 7.80. The van der Waals surface area contributed by atoms with Gasteiger partial charge in [-0.1, -0.05) is 52.5 Å². The van der Waals surface area contributed by atoms with E-state index in [0.29, 0.717) is 10.5 Å². The van der Waals surface area contributed by atoms with E-state index in [0.717, 1.165) is 18.9 Å². The van der Waals surface area contributed by atoms with Crippen molar-refractivity contribution in [2.24, 2.45) is 5.92 Å². The van der Waals surface area contributed by atoms with Crippen molar-refractivity contribution in [3.05, 3.63) is 34.1 Å². The molecule has 0 radical (unpaired) electrons. The number of halogens is 2. The van der Waals surface area contributed by atoms with Gasteiger partial charge in [-0.25, -0.2) is 4.39 Å². The summed E-state index contributed by atoms with van der Waals surface area (Å²) in [7, 11) is 0. The third-order valence-electron chi connectivity index (χ3n) is 3.91. The Morgan fingerprint density at radius 1 is 1.25 bits per heavy atom. The molecular formula is C17H27BrFN. The zero-order valence-electron chi connectivity index (χ0n) is 12.9. The molecule has 0 amide bonds. The average molecular weight is 344 g/mol. The molecule has 1 aromatic carbocycles. The van der Waals surface area contributed by atoms with Gasteiger partial charge in [0.05, 0.1) is 4.47 Å². The van der Waals surface area contributed by atoms with Crippen LogP contribution in [0.15, 0.2) is 22.7 Å². The lowest BCUT2D eigenvalue weighted by atomic mass is 9.89. The standard InChI is InChI=1S/C17H27BrFN/c1-4-7-8-13(5-2)11-17(20-6-3)14-9-10-16(19)15(18)12-14/h9-10,12-13,17,20H,4-8,11H2,1-3H3. The highest BCUT2D eigenvalue weighted by molar-refractivity contribution is 9.10. The highest BCUT2D eigenvalue weighted by atomic mass is 79.9. The van der Waals surface area contributed by atoms with Gasteiger partial charge in [0.15, 0.2) is 0 Å². The Morgan fingerprint density at radius 2 is 2.00 bits per heavy atom. The maximum atomic E-state index is 13.4. The first-order valence-corrected chi connectivity index (χ1v) is 8.59. The lowest BCUT2D eigenvalue weighted by Gasteiger charge is -2.24. The highest BCUT2D eigenvalue weighted by Gasteiger charge is 2.17. The topological polar surface area (TPSA) is 12.0 Å². The molecular weight excluding hydrogens is 317 g/mol. The lowest BCUT2D eigenvalue weighted by Crippen LogP contribution is -2.23. The Morgan fingerprint density at radius 3 is 2.55 bits per heavy atom. The van der Waals surface area contributed by atoms with Crippen LogP contribution in [0, 0.1) is 11.7 Å². The van der Waals surface area contributed by atoms with Crippen LogP contribution in [-0.2, 0) is 0 Å². The van der Waals surface area contributed by atoms with E-state index in [-0.39, 0.29) is 5.82 Å². The summed E-state index contributed by atoms with van der Waals surface area (Å²) < 4.78 is 13.9. The number of nitrogens with one attached hydrogen (secondary N) is 1. The molecule has 0 aliphatic carbocycles. The van der Waals surface area contributed by atoms with Crippen molar-refractivity contribution < 1.29 is 4.39 Å². The summed E-state index contributed by atoms with van der Waals surface area (Å²) in [4.78, 5) is 0. The summed E-state index contributed by atoms with van der Waals surface area (Å²) in [5.41, 5.74) is 1.18. The van der Waals surface area contributed by atoms with E-state index >= 15 is 0 Å². The van der Waals surface area contributed by atoms with Crippen LogP contribution in [-0.4, -0.2) is 6.54 Å². The van der Waals surface area contributed by atoms with Crippen LogP contribution in [0.5, 0.6) is 0 Å². The molecule has 0 saturated heterocycles. The van der Waals surface area contributed by atoms with Crippen molar-refractivity contribution in [2.45, 2.75) is 58.9 Å². The Labute approximate surface area is 131 Å². The van der Waals surface area contributed by atoms with E-state index < -0.39 is 0 Å². The molecule has 0 aliphatic heterocycles. The number of unbranched alkanes of at least 4 members (excludes halogenated alkanes) is 1. The van der Waals surface area contributed by atoms with E-state index in [1.54, 1.807) is 6.07 Å². The summed E-state index contributed by atoms with van der Waals surface area (Å²) in [5.74, 6) is 0.546. The quantitative estimate of drug-likeness (QED) is 0.593. The van der Waals surface area contributed by atoms with Crippen molar-refractivity contribution in [1.29, 1.82) is 0 Å². The van der Waals surface area contributed by atoms with E-state index in [1.807, 2.05) is 12.1 Å². The fraction of sp³-hybridized carbons (Fsp3) is 0.647. The minimum Gasteiger partial charge on any atom is -0.310 e. The van der Waals surface area contributed by atoms with Gasteiger partial charge in [-0.3, -0.25) is 0 Å². The van der Waals surface area contributed by atoms with Crippen LogP contribution in [0.25, 0.3) is 0 Å². The van der Waals surface area contributed by atoms with Crippen LogP contribution in [0.1, 0.15) is 64.5 Å². The molecule has 20 heavy (non-hydrogen) atoms. The normalized spacial score (nSPS) is 14.2. The Bertz CT molecular complexity index is 395. The van der Waals surface area contributed by atoms with Gasteiger partial charge < -0.3 is 5.32 Å². The molecule has 1 aromatic rings. The van der Waals surface area contributed by atoms with Crippen molar-refractivity contribution in [3.8, 4) is 0 Å². The van der Waals surface area contributed by atoms with Gasteiger partial charge in [0.1, 0.15) is 5.82 Å². The predicted molar refractivity (Wildman–Crippen MR) is 88.4 cm³/mol. The van der Waals surface area contributed by atoms with Gasteiger partial charge in [-0.2, -0.15) is 0 Å². The second kappa shape index (κ2) is 9.51. The van der Waals surface area contributed by atoms with Crippen LogP contribution in [0.3, 0.4) is 0 Å². The summed E-state index contributed by atoms with van der Waals surface area (Å²) in [6.45, 7) is 7.57. The Hall–Kier alpha value is -0.410. The number of hydrogen-bond acceptors (Lipinski definition) is 1. The molecule has 1 rings (SSSR count). The average Bonchev–Trinajstić information content (AvgIpc) is 2.45. The molecule has 0 bridgehead atoms. The van der Waals surface area contributed by atoms with Crippen LogP contribution >= 0.6 is 15.9 Å². The fourth-order valence-corrected chi connectivity index (χ4v) is 3.02. The molecule has 0 aromatic heterocycles. The number of hydrogen-bond donors (Lipinski definition) is 1. The molecule has 114 valence electrons. The number of benzene rings is 1. The first-order chi connectivity index (χ1) is 9.62. The van der Waals surface area contributed by atoms with Gasteiger partial charge in [0, 0.05) is 6.04 Å². The summed E-state index contributed by atoms with van der Waals surface area (Å²) in [5, 5.41) is 3.54. The molecule has 0 spiro atoms. The van der Waals surface area contributed by atoms with Crippen LogP contribution in [0.4, 0.5) is 4.39 Å². The fourth-order valence-electron chi connectivity index (χ4n) is 2.63. The van der Waals surface area contributed by atoms with Crippen molar-refractivity contribution in [1.82, 2.24) is 5.32 Å². The summed E-state index contributed by atoms with van der Waals surface area (Å²) in [6.07, 6.45) is 6.18. The monoisotopic (exact) mass is 343 g/mol. The lowest BCUT2D eigenvalue weighted by molar-refractivity contribution is 0.357. The van der Waals surface area contributed by atoms with E-state index in [4.69, 9.17) is 0 Å². The molecule has 2 unspecified atom stereocenters. The summed E-state index contributed by atoms with van der Waals surface area (Å²) >= 11 is 3.29. The predicted octanol–water partition coefficient (Wildman–Crippen LogP) is 5.85. The SMILES string of the molecule is CCCCC(CC)CC(NCC)c1ccc(F)c(Br)c1. The van der Waals surface area contributed by atoms with Gasteiger partial charge in [0.25, 0.3) is 0 Å². The molecule has 0 aliphatic rings. The minimum atomic E-state index is -0.193. The third kappa shape index (κ3) is 5.53. The zero-order valence-corrected chi connectivity index (χ0v) is 14.5. The molecule has 0 saturated carbocycles. The molecule has 0 heterocycles. The second-order valence-electron chi connectivity index (χ2n) is 5.44. The third-order valence-corrected chi connectivity index (χ3v) is 4.52. The van der Waals surface area contributed by atoms with Gasteiger partial charge in [-0.05, 0) is 52.5 Å². The van der Waals surface area contributed by atoms with Crippen molar-refractivity contribution in [3.63, 3.8) is 0 Å². The summed E-state index contributed by atoms with van der Waals surface area (Å²) in [6, 6.07) is 5.69. The first kappa shape index (κ1) is 17.6. The van der Waals surface area contributed by atoms with E-state index in [1.165, 1.54) is 31.2 Å². The molecule has 1 N–H and O–H groups in total. The zero-order chi connectivity index (χ0) is 15.0. The van der Waals surface area contributed by atoms with Crippen molar-refractivity contribution >= 4 is 15.9 Å². The minimum absolute atomic E-state index is 0.193. The van der Waals surface area contributed by atoms with Crippen molar-refractivity contribution in [2.75, 3.05) is 6.54 Å². The number of rotatable bonds is 9. The Balaban J connectivity index is 2.78. The molecule has 3 heteroatoms. The van der Waals surface area contributed by atoms with Gasteiger partial charge in [0.2, 0.25) is 0 Å². The van der Waals surface area contributed by atoms with Crippen LogP contribution in [0.2, 0.25) is 0 Å². The molecule has 0 fully saturated rings. The van der Waals surface area contributed by atoms with E-state index in [9.17, 15) is 4.39 Å². The smallest absolute Gasteiger partial charge is 0.137 e. The maximum absolute atomic E-state index is 13.4. The van der Waals surface area contributed by atoms with Gasteiger partial charge in [-0.15, -0.1) is 0 Å². The largest absolute Gasteiger partial charge is 0.310 e. The highest BCUT2D eigenvalue weighted by Crippen LogP contribution is 2.29. The van der Waals surface area contributed by atoms with Gasteiger partial charge >= 0.3 is 0 Å². The molecule has 1 nitrogen and oxygen atoms in total. The second-order valence-corrected chi connectivity index (χ2v) is 6.29. The van der Waals surface area contributed by atoms with Crippen LogP contribution < -0.4 is 5.32 Å².